The fourth-order valence-corrected chi connectivity index (χ4v) is 1.56. The van der Waals surface area contributed by atoms with Crippen LogP contribution in [0.4, 0.5) is 0 Å². The first-order valence-electron chi connectivity index (χ1n) is 5.48. The summed E-state index contributed by atoms with van der Waals surface area (Å²) in [5.41, 5.74) is 8.71. The Bertz CT molecular complexity index is 610. The van der Waals surface area contributed by atoms with Gasteiger partial charge in [-0.15, -0.1) is 0 Å². The molecule has 2 aromatic rings. The zero-order valence-corrected chi connectivity index (χ0v) is 9.85. The van der Waals surface area contributed by atoms with Gasteiger partial charge in [0.15, 0.2) is 5.65 Å². The number of amides is 1. The van der Waals surface area contributed by atoms with Crippen LogP contribution < -0.4 is 11.2 Å². The number of imidazole rings is 1. The molecule has 9 nitrogen and oxygen atoms in total. The quantitative estimate of drug-likeness (QED) is 0.614. The smallest absolute Gasteiger partial charge is 0.327 e. The van der Waals surface area contributed by atoms with Crippen LogP contribution in [0.2, 0.25) is 0 Å². The molecule has 19 heavy (non-hydrogen) atoms. The number of aromatic nitrogens is 4. The second kappa shape index (κ2) is 5.29. The average Bonchev–Trinajstić information content (AvgIpc) is 2.77. The predicted molar refractivity (Wildman–Crippen MR) is 64.5 cm³/mol. The Morgan fingerprint density at radius 2 is 2.26 bits per heavy atom. The first kappa shape index (κ1) is 12.7. The number of hydrogen-bond acceptors (Lipinski definition) is 6. The molecule has 100 valence electrons. The van der Waals surface area contributed by atoms with E-state index in [-0.39, 0.29) is 12.8 Å². The molecule has 0 fully saturated rings. The molecule has 2 rings (SSSR count). The molecule has 2 heterocycles. The number of rotatable bonds is 6. The Labute approximate surface area is 107 Å². The van der Waals surface area contributed by atoms with Crippen LogP contribution in [0.25, 0.3) is 11.2 Å². The molecule has 0 bridgehead atoms. The summed E-state index contributed by atoms with van der Waals surface area (Å²) in [5.74, 6) is -1.64. The molecule has 4 N–H and O–H groups in total. The molecule has 9 heteroatoms. The zero-order valence-electron chi connectivity index (χ0n) is 9.85. The Morgan fingerprint density at radius 3 is 2.95 bits per heavy atom. The van der Waals surface area contributed by atoms with E-state index in [1.165, 1.54) is 23.5 Å². The van der Waals surface area contributed by atoms with Gasteiger partial charge >= 0.3 is 5.97 Å². The van der Waals surface area contributed by atoms with Crippen LogP contribution in [0.1, 0.15) is 12.8 Å². The standard InChI is InChI=1S/C10H12N6O3/c11-8(17)2-1-6(10(18)19)15-16-5-14-7-3-12-4-13-9(7)16/h3-6,15H,1-2H2,(H2,11,17)(H,18,19)/t6-/m0/s1. The van der Waals surface area contributed by atoms with Crippen LogP contribution in [-0.2, 0) is 9.59 Å². The maximum Gasteiger partial charge on any atom is 0.327 e. The van der Waals surface area contributed by atoms with Crippen LogP contribution in [-0.4, -0.2) is 42.7 Å². The van der Waals surface area contributed by atoms with Crippen molar-refractivity contribution in [2.24, 2.45) is 5.73 Å². The summed E-state index contributed by atoms with van der Waals surface area (Å²) in [5, 5.41) is 9.08. The molecule has 0 radical (unpaired) electrons. The number of carbonyl (C=O) groups excluding carboxylic acids is 1. The molecule has 1 amide bonds. The molecule has 0 aromatic carbocycles. The van der Waals surface area contributed by atoms with Gasteiger partial charge in [0.05, 0.1) is 6.20 Å². The topological polar surface area (TPSA) is 136 Å². The summed E-state index contributed by atoms with van der Waals surface area (Å²) in [4.78, 5) is 33.6. The third-order valence-corrected chi connectivity index (χ3v) is 2.49. The SMILES string of the molecule is NC(=O)CC[C@H](Nn1cnc2cncnc21)C(=O)O. The van der Waals surface area contributed by atoms with Gasteiger partial charge in [0.1, 0.15) is 24.2 Å². The van der Waals surface area contributed by atoms with Gasteiger partial charge in [0.25, 0.3) is 0 Å². The number of primary amides is 1. The maximum atomic E-state index is 11.1. The lowest BCUT2D eigenvalue weighted by molar-refractivity contribution is -0.138. The lowest BCUT2D eigenvalue weighted by atomic mass is 10.1. The molecule has 0 aliphatic heterocycles. The molecule has 0 unspecified atom stereocenters. The van der Waals surface area contributed by atoms with Crippen LogP contribution in [0.3, 0.4) is 0 Å². The molecule has 0 aliphatic rings. The Balaban J connectivity index is 2.16. The molecule has 1 atom stereocenters. The van der Waals surface area contributed by atoms with Crippen LogP contribution in [0.5, 0.6) is 0 Å². The lowest BCUT2D eigenvalue weighted by Crippen LogP contribution is -2.35. The first-order valence-corrected chi connectivity index (χ1v) is 5.48. The van der Waals surface area contributed by atoms with Crippen molar-refractivity contribution >= 4 is 23.0 Å². The number of aliphatic carboxylic acids is 1. The zero-order chi connectivity index (χ0) is 13.8. The minimum atomic E-state index is -1.09. The summed E-state index contributed by atoms with van der Waals surface area (Å²) in [6.45, 7) is 0. The van der Waals surface area contributed by atoms with E-state index in [1.807, 2.05) is 0 Å². The van der Waals surface area contributed by atoms with Gasteiger partial charge in [0.2, 0.25) is 5.91 Å². The number of carboxylic acids is 1. The highest BCUT2D eigenvalue weighted by Crippen LogP contribution is 2.07. The van der Waals surface area contributed by atoms with Gasteiger partial charge in [-0.1, -0.05) is 0 Å². The van der Waals surface area contributed by atoms with Crippen molar-refractivity contribution in [2.45, 2.75) is 18.9 Å². The second-order valence-electron chi connectivity index (χ2n) is 3.87. The summed E-state index contributed by atoms with van der Waals surface area (Å²) in [6.07, 6.45) is 4.31. The summed E-state index contributed by atoms with van der Waals surface area (Å²) < 4.78 is 1.39. The Kier molecular flexibility index (Phi) is 3.55. The molecule has 2 aromatic heterocycles. The van der Waals surface area contributed by atoms with Crippen LogP contribution in [0.15, 0.2) is 18.9 Å². The van der Waals surface area contributed by atoms with E-state index in [0.29, 0.717) is 11.2 Å². The number of hydrogen-bond donors (Lipinski definition) is 3. The van der Waals surface area contributed by atoms with Gasteiger partial charge in [-0.25, -0.2) is 24.4 Å². The molecule has 0 spiro atoms. The van der Waals surface area contributed by atoms with Gasteiger partial charge in [-0.3, -0.25) is 4.79 Å². The van der Waals surface area contributed by atoms with E-state index in [4.69, 9.17) is 10.8 Å². The van der Waals surface area contributed by atoms with Crippen molar-refractivity contribution in [1.82, 2.24) is 19.6 Å². The predicted octanol–water partition coefficient (Wildman–Crippen LogP) is -0.911. The number of fused-ring (bicyclic) bond motifs is 1. The van der Waals surface area contributed by atoms with E-state index in [0.717, 1.165) is 0 Å². The van der Waals surface area contributed by atoms with Crippen molar-refractivity contribution in [3.63, 3.8) is 0 Å². The van der Waals surface area contributed by atoms with Gasteiger partial charge < -0.3 is 16.3 Å². The molecular formula is C10H12N6O3. The third-order valence-electron chi connectivity index (χ3n) is 2.49. The number of nitrogens with two attached hydrogens (primary N) is 1. The van der Waals surface area contributed by atoms with Gasteiger partial charge in [0, 0.05) is 6.42 Å². The number of nitrogens with zero attached hydrogens (tertiary/aromatic N) is 4. The highest BCUT2D eigenvalue weighted by molar-refractivity contribution is 5.78. The summed E-state index contributed by atoms with van der Waals surface area (Å²) >= 11 is 0. The Morgan fingerprint density at radius 1 is 1.47 bits per heavy atom. The molecule has 0 aliphatic carbocycles. The fourth-order valence-electron chi connectivity index (χ4n) is 1.56. The van der Waals surface area contributed by atoms with Crippen molar-refractivity contribution in [2.75, 3.05) is 5.43 Å². The Hall–Kier alpha value is -2.71. The monoisotopic (exact) mass is 264 g/mol. The van der Waals surface area contributed by atoms with E-state index in [2.05, 4.69) is 20.4 Å². The van der Waals surface area contributed by atoms with Crippen molar-refractivity contribution in [3.8, 4) is 0 Å². The van der Waals surface area contributed by atoms with E-state index in [1.54, 1.807) is 0 Å². The highest BCUT2D eigenvalue weighted by atomic mass is 16.4. The van der Waals surface area contributed by atoms with E-state index >= 15 is 0 Å². The second-order valence-corrected chi connectivity index (χ2v) is 3.87. The molecular weight excluding hydrogens is 252 g/mol. The average molecular weight is 264 g/mol. The number of carboxylic acid groups (broad SMARTS) is 1. The van der Waals surface area contributed by atoms with Gasteiger partial charge in [-0.2, -0.15) is 0 Å². The van der Waals surface area contributed by atoms with Crippen molar-refractivity contribution < 1.29 is 14.7 Å². The van der Waals surface area contributed by atoms with Crippen LogP contribution in [0, 0.1) is 0 Å². The number of nitrogens with one attached hydrogen (secondary N) is 1. The van der Waals surface area contributed by atoms with Crippen molar-refractivity contribution in [1.29, 1.82) is 0 Å². The largest absolute Gasteiger partial charge is 0.480 e. The molecule has 0 saturated carbocycles. The maximum absolute atomic E-state index is 11.1. The third kappa shape index (κ3) is 2.94. The summed E-state index contributed by atoms with van der Waals surface area (Å²) in [6, 6.07) is -0.958. The van der Waals surface area contributed by atoms with Crippen molar-refractivity contribution in [3.05, 3.63) is 18.9 Å². The van der Waals surface area contributed by atoms with Gasteiger partial charge in [-0.05, 0) is 6.42 Å². The minimum absolute atomic E-state index is 0.0222. The van der Waals surface area contributed by atoms with E-state index < -0.39 is 17.9 Å². The molecule has 0 saturated heterocycles. The summed E-state index contributed by atoms with van der Waals surface area (Å²) in [7, 11) is 0. The number of carbonyl (C=O) groups is 2. The first-order chi connectivity index (χ1) is 9.08. The fraction of sp³-hybridized carbons (Fsp3) is 0.300. The highest BCUT2D eigenvalue weighted by Gasteiger charge is 2.19. The normalized spacial score (nSPS) is 12.2. The van der Waals surface area contributed by atoms with Crippen LogP contribution >= 0.6 is 0 Å². The van der Waals surface area contributed by atoms with E-state index in [9.17, 15) is 9.59 Å². The lowest BCUT2D eigenvalue weighted by Gasteiger charge is -2.15. The minimum Gasteiger partial charge on any atom is -0.480 e.